The number of benzene rings is 2. The van der Waals surface area contributed by atoms with Crippen molar-refractivity contribution in [1.82, 2.24) is 0 Å². The number of carbonyl (C=O) groups is 4. The molecular weight excluding hydrogens is 480 g/mol. The maximum Gasteiger partial charge on any atom is 0.316 e. The van der Waals surface area contributed by atoms with Gasteiger partial charge in [0.15, 0.2) is 0 Å². The van der Waals surface area contributed by atoms with Gasteiger partial charge in [-0.3, -0.25) is 19.2 Å². The van der Waals surface area contributed by atoms with Crippen molar-refractivity contribution in [3.8, 4) is 5.75 Å². The second-order valence-corrected chi connectivity index (χ2v) is 10.6. The minimum atomic E-state index is -0.610. The standard InChI is InChI=1S/C28H25ClN2O5/c1-14-3-6-19(12-21(14)29)30-13-18(11-23(30)32)28(35)36-20-7-8-22(15(2)9-20)31-26(33)24-16-4-5-17(10-16)25(24)27(31)34/h3-9,12,16-18,24-25H,10-11,13H2,1-2H3/t16-,17-,18+,24-,25+/m0/s1. The highest BCUT2D eigenvalue weighted by Gasteiger charge is 2.59. The number of hydrogen-bond donors (Lipinski definition) is 0. The van der Waals surface area contributed by atoms with E-state index in [1.807, 2.05) is 19.1 Å². The zero-order valence-corrected chi connectivity index (χ0v) is 20.7. The first kappa shape index (κ1) is 23.0. The number of anilines is 2. The molecule has 0 spiro atoms. The molecule has 4 aliphatic rings. The molecule has 8 heteroatoms. The van der Waals surface area contributed by atoms with Crippen LogP contribution in [-0.2, 0) is 19.2 Å². The van der Waals surface area contributed by atoms with Gasteiger partial charge in [-0.15, -0.1) is 0 Å². The van der Waals surface area contributed by atoms with E-state index in [1.165, 1.54) is 4.90 Å². The van der Waals surface area contributed by atoms with Crippen LogP contribution in [0.2, 0.25) is 5.02 Å². The molecule has 1 saturated carbocycles. The van der Waals surface area contributed by atoms with E-state index in [-0.39, 0.29) is 54.4 Å². The Morgan fingerprint density at radius 2 is 1.64 bits per heavy atom. The fraction of sp³-hybridized carbons (Fsp3) is 0.357. The number of halogens is 1. The van der Waals surface area contributed by atoms with Crippen molar-refractivity contribution in [3.63, 3.8) is 0 Å². The van der Waals surface area contributed by atoms with E-state index in [0.717, 1.165) is 12.0 Å². The number of ether oxygens (including phenoxy) is 1. The minimum Gasteiger partial charge on any atom is -0.426 e. The van der Waals surface area contributed by atoms with Crippen molar-refractivity contribution in [1.29, 1.82) is 0 Å². The molecule has 0 aromatic heterocycles. The number of fused-ring (bicyclic) bond motifs is 5. The van der Waals surface area contributed by atoms with E-state index < -0.39 is 11.9 Å². The third kappa shape index (κ3) is 3.48. The minimum absolute atomic E-state index is 0.0529. The number of rotatable bonds is 4. The normalized spacial score (nSPS) is 28.4. The van der Waals surface area contributed by atoms with Gasteiger partial charge in [-0.25, -0.2) is 4.90 Å². The SMILES string of the molecule is Cc1ccc(N2C[C@H](C(=O)Oc3ccc(N4C(=O)[C@@H]5[C@H](C4=O)[C@H]4C=C[C@H]5C4)c(C)c3)CC2=O)cc1Cl. The monoisotopic (exact) mass is 504 g/mol. The van der Waals surface area contributed by atoms with Gasteiger partial charge in [0, 0.05) is 23.7 Å². The molecular formula is C28H25ClN2O5. The van der Waals surface area contributed by atoms with Gasteiger partial charge in [-0.05, 0) is 73.6 Å². The number of aryl methyl sites for hydroxylation is 2. The van der Waals surface area contributed by atoms with Crippen LogP contribution in [0, 0.1) is 43.4 Å². The van der Waals surface area contributed by atoms with Gasteiger partial charge in [0.05, 0.1) is 23.4 Å². The number of imide groups is 1. The second kappa shape index (κ2) is 8.30. The van der Waals surface area contributed by atoms with Gasteiger partial charge < -0.3 is 9.64 Å². The molecule has 2 aromatic rings. The Balaban J connectivity index is 1.15. The fourth-order valence-electron chi connectivity index (χ4n) is 6.15. The zero-order valence-electron chi connectivity index (χ0n) is 19.9. The molecule has 0 N–H and O–H groups in total. The second-order valence-electron chi connectivity index (χ2n) is 10.2. The summed E-state index contributed by atoms with van der Waals surface area (Å²) in [5, 5.41) is 0.560. The zero-order chi connectivity index (χ0) is 25.3. The smallest absolute Gasteiger partial charge is 0.316 e. The van der Waals surface area contributed by atoms with Crippen molar-refractivity contribution in [2.45, 2.75) is 26.7 Å². The van der Waals surface area contributed by atoms with Crippen molar-refractivity contribution in [3.05, 3.63) is 64.7 Å². The number of nitrogens with zero attached hydrogens (tertiary/aromatic N) is 2. The summed E-state index contributed by atoms with van der Waals surface area (Å²) in [6, 6.07) is 10.3. The Morgan fingerprint density at radius 3 is 2.28 bits per heavy atom. The lowest BCUT2D eigenvalue weighted by Crippen LogP contribution is -2.33. The average Bonchev–Trinajstić information content (AvgIpc) is 3.60. The number of allylic oxidation sites excluding steroid dienone is 2. The molecule has 5 atom stereocenters. The molecule has 36 heavy (non-hydrogen) atoms. The molecule has 3 amide bonds. The van der Waals surface area contributed by atoms with E-state index in [4.69, 9.17) is 16.3 Å². The summed E-state index contributed by atoms with van der Waals surface area (Å²) in [6.07, 6.45) is 5.07. The van der Waals surface area contributed by atoms with E-state index in [2.05, 4.69) is 12.2 Å². The lowest BCUT2D eigenvalue weighted by atomic mass is 9.85. The van der Waals surface area contributed by atoms with Crippen LogP contribution in [0.15, 0.2) is 48.6 Å². The number of hydrogen-bond acceptors (Lipinski definition) is 5. The fourth-order valence-corrected chi connectivity index (χ4v) is 6.32. The van der Waals surface area contributed by atoms with Gasteiger partial charge in [0.1, 0.15) is 5.75 Å². The van der Waals surface area contributed by atoms with Crippen LogP contribution in [0.25, 0.3) is 0 Å². The highest BCUT2D eigenvalue weighted by molar-refractivity contribution is 6.31. The maximum absolute atomic E-state index is 13.1. The molecule has 184 valence electrons. The lowest BCUT2D eigenvalue weighted by Gasteiger charge is -2.20. The van der Waals surface area contributed by atoms with Crippen LogP contribution in [0.3, 0.4) is 0 Å². The van der Waals surface area contributed by atoms with E-state index in [1.54, 1.807) is 36.1 Å². The van der Waals surface area contributed by atoms with Crippen LogP contribution >= 0.6 is 11.6 Å². The highest BCUT2D eigenvalue weighted by Crippen LogP contribution is 2.53. The van der Waals surface area contributed by atoms with Crippen molar-refractivity contribution in [2.24, 2.45) is 29.6 Å². The van der Waals surface area contributed by atoms with Crippen LogP contribution < -0.4 is 14.5 Å². The molecule has 7 nitrogen and oxygen atoms in total. The molecule has 2 aliphatic heterocycles. The van der Waals surface area contributed by atoms with Gasteiger partial charge in [0.2, 0.25) is 17.7 Å². The van der Waals surface area contributed by atoms with Crippen LogP contribution in [0.4, 0.5) is 11.4 Å². The highest BCUT2D eigenvalue weighted by atomic mass is 35.5. The Hall–Kier alpha value is -3.45. The Bertz CT molecular complexity index is 1340. The Labute approximate surface area is 213 Å². The molecule has 2 aliphatic carbocycles. The predicted molar refractivity (Wildman–Crippen MR) is 134 cm³/mol. The molecule has 2 heterocycles. The molecule has 2 saturated heterocycles. The van der Waals surface area contributed by atoms with E-state index in [9.17, 15) is 19.2 Å². The largest absolute Gasteiger partial charge is 0.426 e. The topological polar surface area (TPSA) is 84.0 Å². The lowest BCUT2D eigenvalue weighted by molar-refractivity contribution is -0.139. The van der Waals surface area contributed by atoms with Crippen LogP contribution in [0.1, 0.15) is 24.0 Å². The molecule has 6 rings (SSSR count). The Kier molecular flexibility index (Phi) is 5.30. The van der Waals surface area contributed by atoms with Gasteiger partial charge in [-0.1, -0.05) is 29.8 Å². The number of carbonyl (C=O) groups excluding carboxylic acids is 4. The molecule has 2 aromatic carbocycles. The summed E-state index contributed by atoms with van der Waals surface area (Å²) in [6.45, 7) is 3.88. The summed E-state index contributed by atoms with van der Waals surface area (Å²) in [5.74, 6) is -1.49. The maximum atomic E-state index is 13.1. The summed E-state index contributed by atoms with van der Waals surface area (Å²) in [5.41, 5.74) is 2.75. The van der Waals surface area contributed by atoms with Crippen molar-refractivity contribution < 1.29 is 23.9 Å². The first-order chi connectivity index (χ1) is 17.2. The van der Waals surface area contributed by atoms with E-state index >= 15 is 0 Å². The van der Waals surface area contributed by atoms with Gasteiger partial charge in [0.25, 0.3) is 0 Å². The summed E-state index contributed by atoms with van der Waals surface area (Å²) < 4.78 is 5.60. The number of amides is 3. The first-order valence-electron chi connectivity index (χ1n) is 12.2. The van der Waals surface area contributed by atoms with Gasteiger partial charge in [-0.2, -0.15) is 0 Å². The molecule has 0 unspecified atom stereocenters. The third-order valence-corrected chi connectivity index (χ3v) is 8.43. The quantitative estimate of drug-likeness (QED) is 0.269. The molecule has 2 bridgehead atoms. The van der Waals surface area contributed by atoms with Gasteiger partial charge >= 0.3 is 5.97 Å². The summed E-state index contributed by atoms with van der Waals surface area (Å²) in [4.78, 5) is 54.6. The average molecular weight is 505 g/mol. The van der Waals surface area contributed by atoms with Crippen LogP contribution in [-0.4, -0.2) is 30.2 Å². The third-order valence-electron chi connectivity index (χ3n) is 8.02. The summed E-state index contributed by atoms with van der Waals surface area (Å²) >= 11 is 6.21. The molecule has 0 radical (unpaired) electrons. The Morgan fingerprint density at radius 1 is 0.944 bits per heavy atom. The van der Waals surface area contributed by atoms with E-state index in [0.29, 0.717) is 27.7 Å². The predicted octanol–water partition coefficient (Wildman–Crippen LogP) is 4.23. The van der Waals surface area contributed by atoms with Crippen molar-refractivity contribution >= 4 is 46.7 Å². The first-order valence-corrected chi connectivity index (χ1v) is 12.6. The molecule has 3 fully saturated rings. The number of esters is 1. The summed E-state index contributed by atoms with van der Waals surface area (Å²) in [7, 11) is 0. The van der Waals surface area contributed by atoms with Crippen molar-refractivity contribution in [2.75, 3.05) is 16.3 Å². The van der Waals surface area contributed by atoms with Crippen LogP contribution in [0.5, 0.6) is 5.75 Å².